The van der Waals surface area contributed by atoms with Crippen LogP contribution in [0.5, 0.6) is 0 Å². The maximum Gasteiger partial charge on any atom is 0.242 e. The molecule has 0 saturated heterocycles. The van der Waals surface area contributed by atoms with Crippen molar-refractivity contribution in [3.05, 3.63) is 35.4 Å². The highest BCUT2D eigenvalue weighted by Gasteiger charge is 2.34. The highest BCUT2D eigenvalue weighted by Crippen LogP contribution is 2.41. The zero-order chi connectivity index (χ0) is 17.2. The van der Waals surface area contributed by atoms with Crippen molar-refractivity contribution in [2.24, 2.45) is 11.3 Å². The van der Waals surface area contributed by atoms with Gasteiger partial charge in [0.2, 0.25) is 11.8 Å². The Morgan fingerprint density at radius 2 is 1.65 bits per heavy atom. The van der Waals surface area contributed by atoms with Crippen LogP contribution in [0.25, 0.3) is 0 Å². The summed E-state index contributed by atoms with van der Waals surface area (Å²) >= 11 is 0. The van der Waals surface area contributed by atoms with Gasteiger partial charge >= 0.3 is 0 Å². The molecule has 0 bridgehead atoms. The van der Waals surface area contributed by atoms with Gasteiger partial charge in [0.05, 0.1) is 6.04 Å². The summed E-state index contributed by atoms with van der Waals surface area (Å²) < 4.78 is 0. The molecule has 1 aliphatic rings. The summed E-state index contributed by atoms with van der Waals surface area (Å²) in [7, 11) is 0. The third-order valence-electron chi connectivity index (χ3n) is 4.25. The van der Waals surface area contributed by atoms with Gasteiger partial charge in [0.25, 0.3) is 0 Å². The van der Waals surface area contributed by atoms with Gasteiger partial charge in [-0.1, -0.05) is 50.6 Å². The Morgan fingerprint density at radius 3 is 2.13 bits per heavy atom. The lowest BCUT2D eigenvalue weighted by atomic mass is 9.95. The Bertz CT molecular complexity index is 568. The summed E-state index contributed by atoms with van der Waals surface area (Å²) in [5.41, 5.74) is 1.85. The Balaban J connectivity index is 2.01. The first-order chi connectivity index (χ1) is 10.7. The number of carbonyl (C=O) groups excluding carboxylic acids is 2. The molecule has 1 aliphatic carbocycles. The van der Waals surface area contributed by atoms with Crippen molar-refractivity contribution in [2.45, 2.75) is 59.5 Å². The van der Waals surface area contributed by atoms with Gasteiger partial charge in [0, 0.05) is 5.41 Å². The van der Waals surface area contributed by atoms with E-state index in [9.17, 15) is 9.59 Å². The number of hydrogen-bond donors (Lipinski definition) is 2. The molecule has 0 spiro atoms. The van der Waals surface area contributed by atoms with Crippen molar-refractivity contribution in [3.63, 3.8) is 0 Å². The second-order valence-corrected chi connectivity index (χ2v) is 7.68. The quantitative estimate of drug-likeness (QED) is 0.877. The van der Waals surface area contributed by atoms with Crippen molar-refractivity contribution < 1.29 is 9.59 Å². The van der Waals surface area contributed by atoms with E-state index < -0.39 is 11.5 Å². The molecule has 23 heavy (non-hydrogen) atoms. The van der Waals surface area contributed by atoms with E-state index >= 15 is 0 Å². The molecule has 2 unspecified atom stereocenters. The predicted octanol–water partition coefficient (Wildman–Crippen LogP) is 3.11. The Kier molecular flexibility index (Phi) is 5.12. The first-order valence-electron chi connectivity index (χ1n) is 8.36. The molecule has 2 amide bonds. The number of nitrogens with one attached hydrogen (secondary N) is 2. The van der Waals surface area contributed by atoms with Gasteiger partial charge in [-0.05, 0) is 38.2 Å². The van der Waals surface area contributed by atoms with Gasteiger partial charge < -0.3 is 10.6 Å². The lowest BCUT2D eigenvalue weighted by Crippen LogP contribution is -2.49. The molecular weight excluding hydrogens is 288 g/mol. The summed E-state index contributed by atoms with van der Waals surface area (Å²) in [4.78, 5) is 24.5. The summed E-state index contributed by atoms with van der Waals surface area (Å²) in [5.74, 6) is 0.269. The monoisotopic (exact) mass is 316 g/mol. The van der Waals surface area contributed by atoms with E-state index in [2.05, 4.69) is 41.8 Å². The molecule has 2 atom stereocenters. The normalized spacial score (nSPS) is 17.3. The smallest absolute Gasteiger partial charge is 0.242 e. The first kappa shape index (κ1) is 17.5. The first-order valence-corrected chi connectivity index (χ1v) is 8.36. The molecule has 1 saturated carbocycles. The van der Waals surface area contributed by atoms with E-state index in [-0.39, 0.29) is 17.9 Å². The lowest BCUT2D eigenvalue weighted by Gasteiger charge is -2.24. The predicted molar refractivity (Wildman–Crippen MR) is 91.8 cm³/mol. The standard InChI is InChI=1S/C19H28N2O2/c1-12-6-8-14(9-7-12)16(15-10-11-15)21-17(22)13(2)20-18(23)19(3,4)5/h6-9,13,15-16H,10-11H2,1-5H3,(H,20,23)(H,21,22). The van der Waals surface area contributed by atoms with E-state index in [0.717, 1.165) is 18.4 Å². The Labute approximate surface area is 139 Å². The van der Waals surface area contributed by atoms with Crippen molar-refractivity contribution in [3.8, 4) is 0 Å². The van der Waals surface area contributed by atoms with Crippen LogP contribution in [0.2, 0.25) is 0 Å². The van der Waals surface area contributed by atoms with Crippen LogP contribution in [0.3, 0.4) is 0 Å². The van der Waals surface area contributed by atoms with Crippen molar-refractivity contribution in [1.29, 1.82) is 0 Å². The van der Waals surface area contributed by atoms with Crippen LogP contribution in [0.15, 0.2) is 24.3 Å². The van der Waals surface area contributed by atoms with E-state index in [0.29, 0.717) is 5.92 Å². The minimum absolute atomic E-state index is 0.0390. The highest BCUT2D eigenvalue weighted by molar-refractivity contribution is 5.89. The Hall–Kier alpha value is -1.84. The van der Waals surface area contributed by atoms with Crippen molar-refractivity contribution >= 4 is 11.8 Å². The van der Waals surface area contributed by atoms with Gasteiger partial charge in [0.15, 0.2) is 0 Å². The fourth-order valence-electron chi connectivity index (χ4n) is 2.43. The average Bonchev–Trinajstić information content (AvgIpc) is 3.29. The molecule has 1 fully saturated rings. The topological polar surface area (TPSA) is 58.2 Å². The summed E-state index contributed by atoms with van der Waals surface area (Å²) in [5, 5.41) is 5.91. The van der Waals surface area contributed by atoms with Crippen molar-refractivity contribution in [2.75, 3.05) is 0 Å². The number of benzene rings is 1. The van der Waals surface area contributed by atoms with Crippen LogP contribution >= 0.6 is 0 Å². The second-order valence-electron chi connectivity index (χ2n) is 7.68. The maximum atomic E-state index is 12.5. The lowest BCUT2D eigenvalue weighted by molar-refractivity contribution is -0.133. The van der Waals surface area contributed by atoms with Gasteiger partial charge in [-0.2, -0.15) is 0 Å². The second kappa shape index (κ2) is 6.73. The molecule has 0 aliphatic heterocycles. The number of rotatable bonds is 5. The minimum atomic E-state index is -0.534. The molecule has 4 heteroatoms. The molecular formula is C19H28N2O2. The maximum absolute atomic E-state index is 12.5. The van der Waals surface area contributed by atoms with Gasteiger partial charge in [-0.25, -0.2) is 0 Å². The summed E-state index contributed by atoms with van der Waals surface area (Å²) in [6.07, 6.45) is 2.28. The summed E-state index contributed by atoms with van der Waals surface area (Å²) in [6, 6.07) is 7.81. The largest absolute Gasteiger partial charge is 0.347 e. The number of hydrogen-bond acceptors (Lipinski definition) is 2. The SMILES string of the molecule is Cc1ccc(C(NC(=O)C(C)NC(=O)C(C)(C)C)C2CC2)cc1. The molecule has 2 N–H and O–H groups in total. The van der Waals surface area contributed by atoms with Crippen LogP contribution in [0, 0.1) is 18.3 Å². The molecule has 1 aromatic carbocycles. The molecule has 0 heterocycles. The fourth-order valence-corrected chi connectivity index (χ4v) is 2.43. The van der Waals surface area contributed by atoms with E-state index in [1.54, 1.807) is 6.92 Å². The van der Waals surface area contributed by atoms with E-state index in [1.165, 1.54) is 5.56 Å². The highest BCUT2D eigenvalue weighted by atomic mass is 16.2. The van der Waals surface area contributed by atoms with E-state index in [1.807, 2.05) is 20.8 Å². The van der Waals surface area contributed by atoms with E-state index in [4.69, 9.17) is 0 Å². The number of amides is 2. The zero-order valence-corrected chi connectivity index (χ0v) is 14.8. The van der Waals surface area contributed by atoms with Gasteiger partial charge in [-0.3, -0.25) is 9.59 Å². The van der Waals surface area contributed by atoms with Gasteiger partial charge in [-0.15, -0.1) is 0 Å². The minimum Gasteiger partial charge on any atom is -0.347 e. The van der Waals surface area contributed by atoms with Gasteiger partial charge in [0.1, 0.15) is 6.04 Å². The third-order valence-corrected chi connectivity index (χ3v) is 4.25. The third kappa shape index (κ3) is 4.81. The van der Waals surface area contributed by atoms with Crippen LogP contribution in [-0.4, -0.2) is 17.9 Å². The molecule has 126 valence electrons. The molecule has 2 rings (SSSR count). The fraction of sp³-hybridized carbons (Fsp3) is 0.579. The van der Waals surface area contributed by atoms with Crippen LogP contribution < -0.4 is 10.6 Å². The molecule has 0 aromatic heterocycles. The average molecular weight is 316 g/mol. The van der Waals surface area contributed by atoms with Crippen LogP contribution in [0.4, 0.5) is 0 Å². The number of aryl methyl sites for hydroxylation is 1. The van der Waals surface area contributed by atoms with Crippen molar-refractivity contribution in [1.82, 2.24) is 10.6 Å². The van der Waals surface area contributed by atoms with Crippen LogP contribution in [-0.2, 0) is 9.59 Å². The molecule has 1 aromatic rings. The summed E-state index contributed by atoms with van der Waals surface area (Å²) in [6.45, 7) is 9.31. The van der Waals surface area contributed by atoms with Crippen LogP contribution in [0.1, 0.15) is 57.7 Å². The molecule has 0 radical (unpaired) electrons. The molecule has 4 nitrogen and oxygen atoms in total. The zero-order valence-electron chi connectivity index (χ0n) is 14.8. The number of carbonyl (C=O) groups is 2. The Morgan fingerprint density at radius 1 is 1.09 bits per heavy atom.